The SMILES string of the molecule is Cc1cc(C)cc(-n2c(C)cc([C@H]3[C@H](c4ccccn4)NC(=S)N3CCCO)c2C)c1. The van der Waals surface area contributed by atoms with Crippen LogP contribution in [0.5, 0.6) is 0 Å². The minimum absolute atomic E-state index is 0.0137. The van der Waals surface area contributed by atoms with Crippen molar-refractivity contribution in [3.05, 3.63) is 82.4 Å². The average molecular weight is 435 g/mol. The van der Waals surface area contributed by atoms with Crippen LogP contribution in [0, 0.1) is 27.7 Å². The van der Waals surface area contributed by atoms with Crippen molar-refractivity contribution in [3.8, 4) is 5.69 Å². The Hall–Kier alpha value is -2.70. The highest BCUT2D eigenvalue weighted by molar-refractivity contribution is 7.80. The number of aryl methyl sites for hydroxylation is 3. The first kappa shape index (κ1) is 21.5. The van der Waals surface area contributed by atoms with Crippen LogP contribution in [0.4, 0.5) is 0 Å². The first-order chi connectivity index (χ1) is 14.9. The Kier molecular flexibility index (Phi) is 6.12. The molecular weight excluding hydrogens is 404 g/mol. The molecule has 0 saturated carbocycles. The van der Waals surface area contributed by atoms with E-state index < -0.39 is 0 Å². The maximum Gasteiger partial charge on any atom is 0.170 e. The zero-order chi connectivity index (χ0) is 22.1. The Labute approximate surface area is 189 Å². The van der Waals surface area contributed by atoms with Crippen molar-refractivity contribution in [2.45, 2.75) is 46.2 Å². The molecule has 1 aliphatic rings. The van der Waals surface area contributed by atoms with Gasteiger partial charge in [-0.3, -0.25) is 4.98 Å². The molecule has 0 amide bonds. The van der Waals surface area contributed by atoms with Crippen molar-refractivity contribution < 1.29 is 5.11 Å². The smallest absolute Gasteiger partial charge is 0.170 e. The van der Waals surface area contributed by atoms with Gasteiger partial charge in [0.25, 0.3) is 0 Å². The summed E-state index contributed by atoms with van der Waals surface area (Å²) in [5.41, 5.74) is 8.29. The summed E-state index contributed by atoms with van der Waals surface area (Å²) in [5, 5.41) is 13.7. The van der Waals surface area contributed by atoms with E-state index in [2.05, 4.69) is 71.7 Å². The Bertz CT molecular complexity index is 1070. The Balaban J connectivity index is 1.83. The van der Waals surface area contributed by atoms with Crippen LogP contribution >= 0.6 is 12.2 Å². The molecule has 0 spiro atoms. The lowest BCUT2D eigenvalue weighted by Gasteiger charge is -2.28. The highest BCUT2D eigenvalue weighted by Crippen LogP contribution is 2.41. The highest BCUT2D eigenvalue weighted by Gasteiger charge is 2.41. The fraction of sp³-hybridized carbons (Fsp3) is 0.360. The molecule has 3 aromatic rings. The lowest BCUT2D eigenvalue weighted by Crippen LogP contribution is -2.31. The van der Waals surface area contributed by atoms with Crippen LogP contribution in [0.15, 0.2) is 48.7 Å². The number of aliphatic hydroxyl groups is 1. The van der Waals surface area contributed by atoms with Crippen molar-refractivity contribution >= 4 is 17.3 Å². The van der Waals surface area contributed by atoms with Crippen LogP contribution < -0.4 is 5.32 Å². The van der Waals surface area contributed by atoms with Gasteiger partial charge in [0.2, 0.25) is 0 Å². The standard InChI is InChI=1S/C25H30N4OS/c1-16-12-17(2)14-20(13-16)29-18(3)15-21(19(29)4)24-23(22-8-5-6-9-26-22)27-25(31)28(24)10-7-11-30/h5-6,8-9,12-15,23-24,30H,7,10-11H2,1-4H3,(H,27,31)/t23-,24-/m0/s1. The van der Waals surface area contributed by atoms with Gasteiger partial charge in [0.05, 0.1) is 17.8 Å². The molecule has 3 heterocycles. The molecule has 0 radical (unpaired) electrons. The average Bonchev–Trinajstić information content (AvgIpc) is 3.21. The van der Waals surface area contributed by atoms with Gasteiger partial charge in [-0.2, -0.15) is 0 Å². The summed E-state index contributed by atoms with van der Waals surface area (Å²) in [7, 11) is 0. The molecule has 1 saturated heterocycles. The first-order valence-electron chi connectivity index (χ1n) is 10.8. The van der Waals surface area contributed by atoms with Crippen LogP contribution in [0.2, 0.25) is 0 Å². The molecule has 4 rings (SSSR count). The maximum atomic E-state index is 9.45. The van der Waals surface area contributed by atoms with E-state index in [9.17, 15) is 5.11 Å². The molecule has 162 valence electrons. The highest BCUT2D eigenvalue weighted by atomic mass is 32.1. The summed E-state index contributed by atoms with van der Waals surface area (Å²) in [5.74, 6) is 0. The number of nitrogens with one attached hydrogen (secondary N) is 1. The lowest BCUT2D eigenvalue weighted by atomic mass is 9.96. The zero-order valence-electron chi connectivity index (χ0n) is 18.6. The third kappa shape index (κ3) is 4.10. The van der Waals surface area contributed by atoms with Gasteiger partial charge in [-0.1, -0.05) is 12.1 Å². The fourth-order valence-corrected chi connectivity index (χ4v) is 5.12. The van der Waals surface area contributed by atoms with Gasteiger partial charge >= 0.3 is 0 Å². The third-order valence-corrected chi connectivity index (χ3v) is 6.36. The number of hydrogen-bond acceptors (Lipinski definition) is 3. The molecule has 1 fully saturated rings. The van der Waals surface area contributed by atoms with Gasteiger partial charge in [-0.25, -0.2) is 0 Å². The molecule has 0 aliphatic carbocycles. The van der Waals surface area contributed by atoms with Gasteiger partial charge in [0, 0.05) is 36.4 Å². The monoisotopic (exact) mass is 434 g/mol. The van der Waals surface area contributed by atoms with Crippen molar-refractivity contribution in [2.24, 2.45) is 0 Å². The topological polar surface area (TPSA) is 53.3 Å². The summed E-state index contributed by atoms with van der Waals surface area (Å²) in [6.07, 6.45) is 2.50. The number of hydrogen-bond donors (Lipinski definition) is 2. The molecule has 2 atom stereocenters. The number of aromatic nitrogens is 2. The van der Waals surface area contributed by atoms with E-state index in [1.54, 1.807) is 0 Å². The van der Waals surface area contributed by atoms with Gasteiger partial charge in [0.1, 0.15) is 0 Å². The summed E-state index contributed by atoms with van der Waals surface area (Å²) in [6.45, 7) is 9.45. The number of benzene rings is 1. The third-order valence-electron chi connectivity index (χ3n) is 6.01. The van der Waals surface area contributed by atoms with Gasteiger partial charge in [-0.05, 0) is 93.4 Å². The summed E-state index contributed by atoms with van der Waals surface area (Å²) in [6, 6.07) is 14.9. The number of nitrogens with zero attached hydrogens (tertiary/aromatic N) is 3. The largest absolute Gasteiger partial charge is 0.396 e. The van der Waals surface area contributed by atoms with Crippen LogP contribution in [-0.4, -0.2) is 37.8 Å². The molecule has 0 bridgehead atoms. The quantitative estimate of drug-likeness (QED) is 0.561. The van der Waals surface area contributed by atoms with Crippen molar-refractivity contribution in [3.63, 3.8) is 0 Å². The lowest BCUT2D eigenvalue weighted by molar-refractivity contribution is 0.247. The Morgan fingerprint density at radius 3 is 2.45 bits per heavy atom. The molecule has 5 nitrogen and oxygen atoms in total. The van der Waals surface area contributed by atoms with Crippen LogP contribution in [-0.2, 0) is 0 Å². The number of thiocarbonyl (C=S) groups is 1. The molecule has 6 heteroatoms. The van der Waals surface area contributed by atoms with Gasteiger partial charge in [0.15, 0.2) is 5.11 Å². The number of aliphatic hydroxyl groups excluding tert-OH is 1. The molecule has 2 N–H and O–H groups in total. The zero-order valence-corrected chi connectivity index (χ0v) is 19.4. The van der Waals surface area contributed by atoms with E-state index in [0.29, 0.717) is 18.1 Å². The number of rotatable bonds is 6. The second-order valence-electron chi connectivity index (χ2n) is 8.40. The van der Waals surface area contributed by atoms with Crippen molar-refractivity contribution in [1.82, 2.24) is 19.8 Å². The first-order valence-corrected chi connectivity index (χ1v) is 11.2. The number of pyridine rings is 1. The molecule has 1 aromatic carbocycles. The van der Waals surface area contributed by atoms with Crippen LogP contribution in [0.3, 0.4) is 0 Å². The fourth-order valence-electron chi connectivity index (χ4n) is 4.79. The van der Waals surface area contributed by atoms with Crippen molar-refractivity contribution in [2.75, 3.05) is 13.2 Å². The normalized spacial score (nSPS) is 18.5. The second-order valence-corrected chi connectivity index (χ2v) is 8.79. The molecule has 2 aromatic heterocycles. The Morgan fingerprint density at radius 1 is 1.06 bits per heavy atom. The minimum Gasteiger partial charge on any atom is -0.396 e. The summed E-state index contributed by atoms with van der Waals surface area (Å²) >= 11 is 5.72. The second kappa shape index (κ2) is 8.81. The van der Waals surface area contributed by atoms with E-state index in [1.807, 2.05) is 24.4 Å². The van der Waals surface area contributed by atoms with Crippen LogP contribution in [0.25, 0.3) is 5.69 Å². The van der Waals surface area contributed by atoms with Gasteiger partial charge < -0.3 is 19.9 Å². The van der Waals surface area contributed by atoms with Gasteiger partial charge in [-0.15, -0.1) is 0 Å². The predicted molar refractivity (Wildman–Crippen MR) is 129 cm³/mol. The maximum absolute atomic E-state index is 9.45. The summed E-state index contributed by atoms with van der Waals surface area (Å²) in [4.78, 5) is 6.83. The summed E-state index contributed by atoms with van der Waals surface area (Å²) < 4.78 is 2.33. The van der Waals surface area contributed by atoms with E-state index in [4.69, 9.17) is 12.2 Å². The van der Waals surface area contributed by atoms with E-state index in [0.717, 1.165) is 5.69 Å². The van der Waals surface area contributed by atoms with E-state index in [-0.39, 0.29) is 18.7 Å². The van der Waals surface area contributed by atoms with Crippen molar-refractivity contribution in [1.29, 1.82) is 0 Å². The molecular formula is C25H30N4OS. The van der Waals surface area contributed by atoms with E-state index >= 15 is 0 Å². The molecule has 1 aliphatic heterocycles. The molecule has 31 heavy (non-hydrogen) atoms. The van der Waals surface area contributed by atoms with Crippen LogP contribution in [0.1, 0.15) is 52.3 Å². The minimum atomic E-state index is -0.0411. The predicted octanol–water partition coefficient (Wildman–Crippen LogP) is 4.46. The molecule has 0 unspecified atom stereocenters. The van der Waals surface area contributed by atoms with E-state index in [1.165, 1.54) is 33.8 Å². The Morgan fingerprint density at radius 2 is 1.81 bits per heavy atom.